The normalized spacial score (nSPS) is 14.9. The highest BCUT2D eigenvalue weighted by atomic mass is 15.1. The van der Waals surface area contributed by atoms with E-state index in [1.54, 1.807) is 0 Å². The molecule has 1 atom stereocenters. The highest BCUT2D eigenvalue weighted by Gasteiger charge is 2.52. The Balaban J connectivity index is 0.847. The lowest BCUT2D eigenvalue weighted by molar-refractivity contribution is 0.660. The molecule has 0 fully saturated rings. The van der Waals surface area contributed by atoms with Crippen molar-refractivity contribution < 1.29 is 0 Å². The zero-order chi connectivity index (χ0) is 52.4. The van der Waals surface area contributed by atoms with Crippen molar-refractivity contribution in [2.24, 2.45) is 0 Å². The molecule has 0 amide bonds. The number of para-hydroxylation sites is 4. The van der Waals surface area contributed by atoms with Crippen LogP contribution in [0.4, 0.5) is 34.1 Å². The minimum absolute atomic E-state index is 0.297. The topological polar surface area (TPSA) is 11.4 Å². The first-order valence-electron chi connectivity index (χ1n) is 27.6. The Kier molecular flexibility index (Phi) is 9.90. The van der Waals surface area contributed by atoms with Gasteiger partial charge in [0, 0.05) is 56.0 Å². The van der Waals surface area contributed by atoms with Crippen LogP contribution in [0.2, 0.25) is 0 Å². The summed E-state index contributed by atoms with van der Waals surface area (Å²) < 4.78 is 2.45. The monoisotopic (exact) mass is 1010 g/mol. The van der Waals surface area contributed by atoms with Gasteiger partial charge in [-0.15, -0.1) is 0 Å². The zero-order valence-corrected chi connectivity index (χ0v) is 44.0. The molecule has 0 radical (unpaired) electrons. The quantitative estimate of drug-likeness (QED) is 0.150. The van der Waals surface area contributed by atoms with Gasteiger partial charge in [0.15, 0.2) is 0 Å². The Bertz CT molecular complexity index is 4560. The third kappa shape index (κ3) is 6.54. The van der Waals surface area contributed by atoms with Crippen LogP contribution in [-0.2, 0) is 10.8 Å². The van der Waals surface area contributed by atoms with Crippen molar-refractivity contribution >= 4 is 55.9 Å². The summed E-state index contributed by atoms with van der Waals surface area (Å²) in [6, 6.07) is 106. The summed E-state index contributed by atoms with van der Waals surface area (Å²) in [5.41, 5.74) is 27.6. The molecule has 13 aromatic rings. The second kappa shape index (κ2) is 17.3. The van der Waals surface area contributed by atoms with Crippen LogP contribution >= 0.6 is 0 Å². The molecule has 0 N–H and O–H groups in total. The lowest BCUT2D eigenvalue weighted by atomic mass is 9.70. The maximum atomic E-state index is 2.52. The number of aromatic nitrogens is 1. The van der Waals surface area contributed by atoms with Crippen molar-refractivity contribution in [2.45, 2.75) is 24.7 Å². The molecule has 0 saturated carbocycles. The van der Waals surface area contributed by atoms with Gasteiger partial charge in [-0.05, 0) is 175 Å². The maximum Gasteiger partial charge on any atom is 0.0726 e. The van der Waals surface area contributed by atoms with Gasteiger partial charge in [0.2, 0.25) is 0 Å². The van der Waals surface area contributed by atoms with Crippen LogP contribution in [0.1, 0.15) is 47.2 Å². The van der Waals surface area contributed by atoms with Crippen LogP contribution in [0.3, 0.4) is 0 Å². The molecule has 79 heavy (non-hydrogen) atoms. The van der Waals surface area contributed by atoms with Crippen molar-refractivity contribution in [1.82, 2.24) is 4.57 Å². The summed E-state index contributed by atoms with van der Waals surface area (Å²) >= 11 is 0. The van der Waals surface area contributed by atoms with E-state index in [2.05, 4.69) is 313 Å². The summed E-state index contributed by atoms with van der Waals surface area (Å²) in [4.78, 5) is 4.87. The van der Waals surface area contributed by atoms with E-state index in [4.69, 9.17) is 0 Å². The summed E-state index contributed by atoms with van der Waals surface area (Å²) in [5, 5.41) is 2.56. The predicted molar refractivity (Wildman–Crippen MR) is 329 cm³/mol. The minimum Gasteiger partial charge on any atom is -0.310 e. The first kappa shape index (κ1) is 45.3. The van der Waals surface area contributed by atoms with E-state index < -0.39 is 5.41 Å². The predicted octanol–water partition coefficient (Wildman–Crippen LogP) is 20.0. The summed E-state index contributed by atoms with van der Waals surface area (Å²) in [7, 11) is 0. The molecule has 0 saturated heterocycles. The number of benzene rings is 12. The smallest absolute Gasteiger partial charge is 0.0726 e. The average molecular weight is 1010 g/mol. The van der Waals surface area contributed by atoms with Gasteiger partial charge in [-0.25, -0.2) is 0 Å². The molecule has 12 aromatic carbocycles. The van der Waals surface area contributed by atoms with E-state index in [1.807, 2.05) is 0 Å². The number of anilines is 6. The second-order valence-electron chi connectivity index (χ2n) is 22.0. The van der Waals surface area contributed by atoms with Crippen LogP contribution < -0.4 is 9.80 Å². The van der Waals surface area contributed by atoms with E-state index in [-0.39, 0.29) is 5.41 Å². The molecule has 16 rings (SSSR count). The molecule has 1 aromatic heterocycles. The molecule has 1 unspecified atom stereocenters. The second-order valence-corrected chi connectivity index (χ2v) is 22.0. The standard InChI is InChI=1S/C76H53N3/c1-75(2)68-47-56(77(52-23-9-4-10-24-52)55-37-35-51(36-38-55)50-21-7-3-8-22-50)39-42-60(68)61-43-40-57(48-69(61)75)78(53-25-11-5-12-26-53)58-41-44-62-59-29-15-18-32-65(59)76(70(62)49-58)66-33-19-16-30-63(66)73-67(76)45-46-72-74(73)64-31-17-20-34-71(64)79(72)54-27-13-6-14-28-54/h3-49H,1-2H3. The van der Waals surface area contributed by atoms with E-state index in [0.29, 0.717) is 0 Å². The van der Waals surface area contributed by atoms with Crippen LogP contribution in [0.25, 0.3) is 72.0 Å². The summed E-state index contributed by atoms with van der Waals surface area (Å²) in [5.74, 6) is 0. The Morgan fingerprint density at radius 2 is 0.722 bits per heavy atom. The van der Waals surface area contributed by atoms with Gasteiger partial charge in [0.25, 0.3) is 0 Å². The number of nitrogens with zero attached hydrogens (tertiary/aromatic N) is 3. The molecular weight excluding hydrogens is 955 g/mol. The summed E-state index contributed by atoms with van der Waals surface area (Å²) in [6.07, 6.45) is 0. The third-order valence-electron chi connectivity index (χ3n) is 17.6. The lowest BCUT2D eigenvalue weighted by Crippen LogP contribution is -2.26. The Hall–Kier alpha value is -9.96. The fourth-order valence-electron chi connectivity index (χ4n) is 14.1. The largest absolute Gasteiger partial charge is 0.310 e. The number of fused-ring (bicyclic) bond motifs is 17. The van der Waals surface area contributed by atoms with Gasteiger partial charge in [-0.1, -0.05) is 202 Å². The Labute approximate surface area is 461 Å². The van der Waals surface area contributed by atoms with Crippen molar-refractivity contribution in [1.29, 1.82) is 0 Å². The zero-order valence-electron chi connectivity index (χ0n) is 44.0. The van der Waals surface area contributed by atoms with Crippen LogP contribution in [0.15, 0.2) is 285 Å². The molecule has 3 nitrogen and oxygen atoms in total. The molecule has 0 aliphatic heterocycles. The molecule has 3 aliphatic carbocycles. The highest BCUT2D eigenvalue weighted by molar-refractivity contribution is 6.19. The average Bonchev–Trinajstić information content (AvgIpc) is 3.05. The minimum atomic E-state index is -0.558. The maximum absolute atomic E-state index is 2.52. The van der Waals surface area contributed by atoms with Crippen LogP contribution in [0.5, 0.6) is 0 Å². The molecule has 1 spiro atoms. The van der Waals surface area contributed by atoms with Crippen molar-refractivity contribution in [3.8, 4) is 50.2 Å². The number of hydrogen-bond acceptors (Lipinski definition) is 2. The van der Waals surface area contributed by atoms with Gasteiger partial charge in [-0.2, -0.15) is 0 Å². The SMILES string of the molecule is CC1(C)c2cc(N(c3ccccc3)c3ccc(-c4ccccc4)cc3)ccc2-c2ccc(N(c3ccccc3)c3ccc4c(c3)C3(c5ccccc5-4)c4ccccc4-c4c3ccc3c4c4ccccc4n3-c3ccccc3)cc21. The highest BCUT2D eigenvalue weighted by Crippen LogP contribution is 2.65. The molecule has 0 bridgehead atoms. The van der Waals surface area contributed by atoms with E-state index in [9.17, 15) is 0 Å². The fourth-order valence-corrected chi connectivity index (χ4v) is 14.1. The Morgan fingerprint density at radius 3 is 1.34 bits per heavy atom. The first-order chi connectivity index (χ1) is 39.0. The van der Waals surface area contributed by atoms with Crippen LogP contribution in [-0.4, -0.2) is 4.57 Å². The van der Waals surface area contributed by atoms with Gasteiger partial charge in [0.05, 0.1) is 16.4 Å². The molecule has 3 aliphatic rings. The third-order valence-corrected chi connectivity index (χ3v) is 17.6. The van der Waals surface area contributed by atoms with Crippen molar-refractivity contribution in [2.75, 3.05) is 9.80 Å². The molecule has 1 heterocycles. The number of rotatable bonds is 8. The number of hydrogen-bond donors (Lipinski definition) is 0. The molecule has 3 heteroatoms. The van der Waals surface area contributed by atoms with Gasteiger partial charge in [-0.3, -0.25) is 0 Å². The van der Waals surface area contributed by atoms with E-state index in [1.165, 1.54) is 99.7 Å². The van der Waals surface area contributed by atoms with Gasteiger partial charge >= 0.3 is 0 Å². The summed E-state index contributed by atoms with van der Waals surface area (Å²) in [6.45, 7) is 4.80. The first-order valence-corrected chi connectivity index (χ1v) is 27.6. The van der Waals surface area contributed by atoms with E-state index in [0.717, 1.165) is 39.8 Å². The fraction of sp³-hybridized carbons (Fsp3) is 0.0526. The van der Waals surface area contributed by atoms with E-state index >= 15 is 0 Å². The van der Waals surface area contributed by atoms with Crippen LogP contribution in [0, 0.1) is 0 Å². The lowest BCUT2D eigenvalue weighted by Gasteiger charge is -2.32. The molecular formula is C76H53N3. The van der Waals surface area contributed by atoms with Gasteiger partial charge < -0.3 is 14.4 Å². The van der Waals surface area contributed by atoms with Crippen molar-refractivity contribution in [3.05, 3.63) is 318 Å². The Morgan fingerprint density at radius 1 is 0.291 bits per heavy atom. The van der Waals surface area contributed by atoms with Gasteiger partial charge in [0.1, 0.15) is 0 Å². The molecule has 372 valence electrons. The van der Waals surface area contributed by atoms with Crippen molar-refractivity contribution in [3.63, 3.8) is 0 Å².